The van der Waals surface area contributed by atoms with E-state index in [2.05, 4.69) is 17.3 Å². The van der Waals surface area contributed by atoms with Crippen molar-refractivity contribution in [1.82, 2.24) is 10.2 Å². The topological polar surface area (TPSA) is 43.0 Å². The summed E-state index contributed by atoms with van der Waals surface area (Å²) in [5.74, 6) is 0. The van der Waals surface area contributed by atoms with Crippen LogP contribution < -0.4 is 5.32 Å². The number of piperidine rings is 1. The number of nitrogens with one attached hydrogen (secondary N) is 1. The van der Waals surface area contributed by atoms with Crippen LogP contribution in [-0.2, 0) is 14.2 Å². The average Bonchev–Trinajstić information content (AvgIpc) is 2.49. The maximum absolute atomic E-state index is 5.55. The van der Waals surface area contributed by atoms with Crippen LogP contribution in [0, 0.1) is 0 Å². The van der Waals surface area contributed by atoms with E-state index < -0.39 is 0 Å². The first-order valence-corrected chi connectivity index (χ1v) is 7.89. The fourth-order valence-corrected chi connectivity index (χ4v) is 2.34. The van der Waals surface area contributed by atoms with Crippen molar-refractivity contribution in [2.75, 3.05) is 66.8 Å². The number of hydrogen-bond donors (Lipinski definition) is 1. The third-order valence-electron chi connectivity index (χ3n) is 3.69. The van der Waals surface area contributed by atoms with E-state index in [4.69, 9.17) is 14.2 Å². The van der Waals surface area contributed by atoms with Gasteiger partial charge in [-0.05, 0) is 39.4 Å². The Bertz CT molecular complexity index is 211. The zero-order valence-corrected chi connectivity index (χ0v) is 13.2. The summed E-state index contributed by atoms with van der Waals surface area (Å²) in [7, 11) is 3.85. The number of likely N-dealkylation sites (N-methyl/N-ethyl adjacent to an activating group) is 1. The van der Waals surface area contributed by atoms with Crippen LogP contribution >= 0.6 is 0 Å². The Morgan fingerprint density at radius 1 is 1.00 bits per heavy atom. The van der Waals surface area contributed by atoms with E-state index in [1.807, 2.05) is 0 Å². The summed E-state index contributed by atoms with van der Waals surface area (Å²) in [6.07, 6.45) is 5.31. The molecule has 0 bridgehead atoms. The minimum absolute atomic E-state index is 0.647. The van der Waals surface area contributed by atoms with Gasteiger partial charge in [0.1, 0.15) is 0 Å². The average molecular weight is 288 g/mol. The molecule has 5 nitrogen and oxygen atoms in total. The van der Waals surface area contributed by atoms with Gasteiger partial charge in [0.05, 0.1) is 33.0 Å². The van der Waals surface area contributed by atoms with Crippen molar-refractivity contribution >= 4 is 0 Å². The first-order chi connectivity index (χ1) is 9.83. The number of ether oxygens (including phenoxy) is 3. The van der Waals surface area contributed by atoms with E-state index in [0.29, 0.717) is 26.4 Å². The SMILES string of the molecule is COCCOCCOCCN(C)CCC1CCCCN1. The molecule has 1 N–H and O–H groups in total. The summed E-state index contributed by atoms with van der Waals surface area (Å²) < 4.78 is 15.8. The molecule has 120 valence electrons. The van der Waals surface area contributed by atoms with E-state index >= 15 is 0 Å². The van der Waals surface area contributed by atoms with E-state index in [9.17, 15) is 0 Å². The standard InChI is InChI=1S/C15H32N2O3/c1-17(8-6-15-5-3-4-7-16-15)9-10-19-13-14-20-12-11-18-2/h15-16H,3-14H2,1-2H3. The summed E-state index contributed by atoms with van der Waals surface area (Å²) in [5.41, 5.74) is 0. The number of hydrogen-bond acceptors (Lipinski definition) is 5. The maximum atomic E-state index is 5.55. The molecule has 1 aliphatic rings. The summed E-state index contributed by atoms with van der Waals surface area (Å²) in [4.78, 5) is 2.35. The van der Waals surface area contributed by atoms with Crippen molar-refractivity contribution in [3.63, 3.8) is 0 Å². The van der Waals surface area contributed by atoms with Gasteiger partial charge in [-0.3, -0.25) is 0 Å². The highest BCUT2D eigenvalue weighted by Crippen LogP contribution is 2.10. The highest BCUT2D eigenvalue weighted by molar-refractivity contribution is 4.73. The van der Waals surface area contributed by atoms with Gasteiger partial charge < -0.3 is 24.4 Å². The second-order valence-corrected chi connectivity index (χ2v) is 5.46. The Morgan fingerprint density at radius 3 is 2.45 bits per heavy atom. The van der Waals surface area contributed by atoms with Crippen molar-refractivity contribution in [2.45, 2.75) is 31.7 Å². The summed E-state index contributed by atoms with van der Waals surface area (Å²) in [6.45, 7) is 6.73. The van der Waals surface area contributed by atoms with Crippen LogP contribution in [0.25, 0.3) is 0 Å². The molecule has 20 heavy (non-hydrogen) atoms. The van der Waals surface area contributed by atoms with Crippen molar-refractivity contribution in [3.05, 3.63) is 0 Å². The lowest BCUT2D eigenvalue weighted by molar-refractivity contribution is 0.0207. The second-order valence-electron chi connectivity index (χ2n) is 5.46. The molecular formula is C15H32N2O3. The van der Waals surface area contributed by atoms with E-state index in [0.717, 1.165) is 25.7 Å². The molecule has 1 atom stereocenters. The second kappa shape index (κ2) is 12.5. The van der Waals surface area contributed by atoms with Crippen LogP contribution in [0.2, 0.25) is 0 Å². The molecule has 0 amide bonds. The van der Waals surface area contributed by atoms with Crippen LogP contribution in [-0.4, -0.2) is 77.8 Å². The minimum Gasteiger partial charge on any atom is -0.382 e. The van der Waals surface area contributed by atoms with Gasteiger partial charge in [0, 0.05) is 19.7 Å². The van der Waals surface area contributed by atoms with Crippen molar-refractivity contribution in [3.8, 4) is 0 Å². The molecule has 1 rings (SSSR count). The Labute approximate surface area is 123 Å². The minimum atomic E-state index is 0.647. The highest BCUT2D eigenvalue weighted by Gasteiger charge is 2.12. The third-order valence-corrected chi connectivity index (χ3v) is 3.69. The molecule has 1 heterocycles. The largest absolute Gasteiger partial charge is 0.382 e. The van der Waals surface area contributed by atoms with Crippen molar-refractivity contribution in [2.24, 2.45) is 0 Å². The molecule has 1 unspecified atom stereocenters. The van der Waals surface area contributed by atoms with E-state index in [-0.39, 0.29) is 0 Å². The van der Waals surface area contributed by atoms with E-state index in [1.54, 1.807) is 7.11 Å². The van der Waals surface area contributed by atoms with Gasteiger partial charge in [-0.25, -0.2) is 0 Å². The van der Waals surface area contributed by atoms with Gasteiger partial charge in [-0.15, -0.1) is 0 Å². The lowest BCUT2D eigenvalue weighted by Crippen LogP contribution is -2.37. The van der Waals surface area contributed by atoms with Gasteiger partial charge >= 0.3 is 0 Å². The number of rotatable bonds is 12. The van der Waals surface area contributed by atoms with Gasteiger partial charge in [0.2, 0.25) is 0 Å². The Kier molecular flexibility index (Phi) is 11.2. The van der Waals surface area contributed by atoms with Crippen LogP contribution in [0.1, 0.15) is 25.7 Å². The third kappa shape index (κ3) is 9.66. The highest BCUT2D eigenvalue weighted by atomic mass is 16.5. The fraction of sp³-hybridized carbons (Fsp3) is 1.00. The molecule has 0 aromatic rings. The van der Waals surface area contributed by atoms with Gasteiger partial charge in [0.25, 0.3) is 0 Å². The summed E-state index contributed by atoms with van der Waals surface area (Å²) in [6, 6.07) is 0.723. The van der Waals surface area contributed by atoms with Crippen LogP contribution in [0.5, 0.6) is 0 Å². The Balaban J connectivity index is 1.83. The van der Waals surface area contributed by atoms with Crippen LogP contribution in [0.3, 0.4) is 0 Å². The molecule has 0 saturated carbocycles. The molecule has 0 radical (unpaired) electrons. The van der Waals surface area contributed by atoms with Crippen LogP contribution in [0.15, 0.2) is 0 Å². The number of methoxy groups -OCH3 is 1. The first-order valence-electron chi connectivity index (χ1n) is 7.89. The van der Waals surface area contributed by atoms with Crippen molar-refractivity contribution in [1.29, 1.82) is 0 Å². The molecule has 0 spiro atoms. The van der Waals surface area contributed by atoms with Crippen molar-refractivity contribution < 1.29 is 14.2 Å². The predicted molar refractivity (Wildman–Crippen MR) is 81.3 cm³/mol. The quantitative estimate of drug-likeness (QED) is 0.545. The molecular weight excluding hydrogens is 256 g/mol. The lowest BCUT2D eigenvalue weighted by Gasteiger charge is -2.25. The van der Waals surface area contributed by atoms with E-state index in [1.165, 1.54) is 32.2 Å². The van der Waals surface area contributed by atoms with Gasteiger partial charge in [-0.2, -0.15) is 0 Å². The monoisotopic (exact) mass is 288 g/mol. The Hall–Kier alpha value is -0.200. The summed E-state index contributed by atoms with van der Waals surface area (Å²) >= 11 is 0. The zero-order valence-electron chi connectivity index (χ0n) is 13.2. The number of nitrogens with zero attached hydrogens (tertiary/aromatic N) is 1. The molecule has 1 saturated heterocycles. The summed E-state index contributed by atoms with van der Waals surface area (Å²) in [5, 5.41) is 3.59. The molecule has 1 aliphatic heterocycles. The first kappa shape index (κ1) is 17.9. The van der Waals surface area contributed by atoms with Gasteiger partial charge in [-0.1, -0.05) is 6.42 Å². The molecule has 5 heteroatoms. The maximum Gasteiger partial charge on any atom is 0.0701 e. The van der Waals surface area contributed by atoms with Crippen LogP contribution in [0.4, 0.5) is 0 Å². The van der Waals surface area contributed by atoms with Gasteiger partial charge in [0.15, 0.2) is 0 Å². The molecule has 0 aromatic heterocycles. The molecule has 0 aromatic carbocycles. The molecule has 0 aliphatic carbocycles. The normalized spacial score (nSPS) is 19.6. The Morgan fingerprint density at radius 2 is 1.75 bits per heavy atom. The lowest BCUT2D eigenvalue weighted by atomic mass is 10.0. The predicted octanol–water partition coefficient (Wildman–Crippen LogP) is 1.13. The smallest absolute Gasteiger partial charge is 0.0701 e. The molecule has 1 fully saturated rings. The zero-order chi connectivity index (χ0) is 14.5. The fourth-order valence-electron chi connectivity index (χ4n) is 2.34.